The van der Waals surface area contributed by atoms with Crippen molar-refractivity contribution in [1.82, 2.24) is 9.03 Å². The normalized spacial score (nSPS) is 12.6. The van der Waals surface area contributed by atoms with Gasteiger partial charge in [0.2, 0.25) is 0 Å². The van der Waals surface area contributed by atoms with E-state index < -0.39 is 29.2 Å². The Bertz CT molecular complexity index is 303. The average molecular weight is 298 g/mol. The monoisotopic (exact) mass is 297 g/mol. The number of alkyl halides is 2. The lowest BCUT2D eigenvalue weighted by molar-refractivity contribution is 0.0167. The first-order chi connectivity index (χ1) is 7.25. The number of halogens is 3. The molecule has 0 aromatic rings. The molecule has 106 valence electrons. The van der Waals surface area contributed by atoms with Crippen molar-refractivity contribution < 1.29 is 21.9 Å². The fourth-order valence-electron chi connectivity index (χ4n) is 0.719. The largest absolute Gasteiger partial charge is 0.383 e. The molecule has 0 bridgehead atoms. The van der Waals surface area contributed by atoms with Gasteiger partial charge in [0.05, 0.1) is 19.7 Å². The molecule has 0 heterocycles. The number of nitrogens with one attached hydrogen (secondary N) is 1. The van der Waals surface area contributed by atoms with Gasteiger partial charge >= 0.3 is 0 Å². The minimum atomic E-state index is -3.91. The Hall–Kier alpha value is -0.0600. The number of methoxy groups -OCH3 is 1. The topological polar surface area (TPSA) is 84.7 Å². The summed E-state index contributed by atoms with van der Waals surface area (Å²) in [5.74, 6) is -3.24. The lowest BCUT2D eigenvalue weighted by atomic mass is 10.3. The van der Waals surface area contributed by atoms with Gasteiger partial charge in [-0.3, -0.25) is 0 Å². The molecule has 17 heavy (non-hydrogen) atoms. The van der Waals surface area contributed by atoms with Crippen LogP contribution in [0.2, 0.25) is 0 Å². The van der Waals surface area contributed by atoms with E-state index in [9.17, 15) is 17.2 Å². The molecule has 0 spiro atoms. The minimum absolute atomic E-state index is 0. The van der Waals surface area contributed by atoms with Crippen molar-refractivity contribution in [2.45, 2.75) is 5.92 Å². The Morgan fingerprint density at radius 2 is 2.00 bits per heavy atom. The Morgan fingerprint density at radius 1 is 1.47 bits per heavy atom. The van der Waals surface area contributed by atoms with Gasteiger partial charge in [0.25, 0.3) is 16.1 Å². The minimum Gasteiger partial charge on any atom is -0.383 e. The summed E-state index contributed by atoms with van der Waals surface area (Å²) in [5, 5.41) is 0. The van der Waals surface area contributed by atoms with Gasteiger partial charge in [0, 0.05) is 20.7 Å². The molecule has 0 aliphatic heterocycles. The second-order valence-corrected chi connectivity index (χ2v) is 5.06. The molecule has 10 heteroatoms. The standard InChI is InChI=1S/C7H17F2N3O3S.ClH/c1-12(3-4-15-2)16(13,14)11-6-7(8,9)5-10;/h11H,3-6,10H2,1-2H3;1H. The highest BCUT2D eigenvalue weighted by molar-refractivity contribution is 7.87. The fourth-order valence-corrected chi connectivity index (χ4v) is 1.65. The van der Waals surface area contributed by atoms with E-state index in [2.05, 4.69) is 4.74 Å². The molecule has 0 aliphatic carbocycles. The van der Waals surface area contributed by atoms with Crippen LogP contribution in [0.4, 0.5) is 8.78 Å². The average Bonchev–Trinajstić information content (AvgIpc) is 2.23. The van der Waals surface area contributed by atoms with Crippen molar-refractivity contribution in [3.05, 3.63) is 0 Å². The maximum Gasteiger partial charge on any atom is 0.279 e. The zero-order valence-corrected chi connectivity index (χ0v) is 11.3. The molecule has 0 atom stereocenters. The highest BCUT2D eigenvalue weighted by Gasteiger charge is 2.29. The Kier molecular flexibility index (Phi) is 9.20. The molecular formula is C7H18ClF2N3O3S. The molecule has 0 saturated carbocycles. The van der Waals surface area contributed by atoms with Crippen LogP contribution in [0.3, 0.4) is 0 Å². The molecule has 0 unspecified atom stereocenters. The summed E-state index contributed by atoms with van der Waals surface area (Å²) in [4.78, 5) is 0. The lowest BCUT2D eigenvalue weighted by Gasteiger charge is -2.20. The molecule has 0 rings (SSSR count). The van der Waals surface area contributed by atoms with Crippen molar-refractivity contribution in [2.75, 3.05) is 40.4 Å². The van der Waals surface area contributed by atoms with E-state index in [-0.39, 0.29) is 25.6 Å². The summed E-state index contributed by atoms with van der Waals surface area (Å²) in [5.41, 5.74) is 4.77. The fraction of sp³-hybridized carbons (Fsp3) is 1.00. The van der Waals surface area contributed by atoms with E-state index in [1.54, 1.807) is 4.72 Å². The van der Waals surface area contributed by atoms with Crippen LogP contribution >= 0.6 is 12.4 Å². The van der Waals surface area contributed by atoms with Gasteiger partial charge < -0.3 is 10.5 Å². The van der Waals surface area contributed by atoms with Gasteiger partial charge in [-0.2, -0.15) is 17.4 Å². The first kappa shape index (κ1) is 19.3. The van der Waals surface area contributed by atoms with Crippen LogP contribution in [0.15, 0.2) is 0 Å². The summed E-state index contributed by atoms with van der Waals surface area (Å²) in [7, 11) is -1.23. The van der Waals surface area contributed by atoms with Gasteiger partial charge in [0.15, 0.2) is 0 Å². The number of hydrogen-bond acceptors (Lipinski definition) is 4. The van der Waals surface area contributed by atoms with E-state index in [4.69, 9.17) is 5.73 Å². The van der Waals surface area contributed by atoms with Crippen LogP contribution in [-0.2, 0) is 14.9 Å². The Morgan fingerprint density at radius 3 is 2.41 bits per heavy atom. The zero-order chi connectivity index (χ0) is 12.8. The van der Waals surface area contributed by atoms with Crippen LogP contribution in [-0.4, -0.2) is 59.0 Å². The molecule has 3 N–H and O–H groups in total. The number of nitrogens with zero attached hydrogens (tertiary/aromatic N) is 1. The maximum absolute atomic E-state index is 12.7. The van der Waals surface area contributed by atoms with Gasteiger partial charge in [-0.15, -0.1) is 12.4 Å². The van der Waals surface area contributed by atoms with E-state index in [0.717, 1.165) is 4.31 Å². The van der Waals surface area contributed by atoms with Crippen molar-refractivity contribution in [1.29, 1.82) is 0 Å². The van der Waals surface area contributed by atoms with E-state index in [1.807, 2.05) is 0 Å². The molecule has 0 aromatic carbocycles. The molecule has 0 radical (unpaired) electrons. The van der Waals surface area contributed by atoms with E-state index >= 15 is 0 Å². The number of hydrogen-bond donors (Lipinski definition) is 2. The summed E-state index contributed by atoms with van der Waals surface area (Å²) < 4.78 is 55.5. The van der Waals surface area contributed by atoms with Crippen LogP contribution in [0.5, 0.6) is 0 Å². The highest BCUT2D eigenvalue weighted by Crippen LogP contribution is 2.09. The molecule has 0 amide bonds. The van der Waals surface area contributed by atoms with E-state index in [1.165, 1.54) is 14.2 Å². The van der Waals surface area contributed by atoms with Crippen molar-refractivity contribution in [2.24, 2.45) is 5.73 Å². The first-order valence-corrected chi connectivity index (χ1v) is 5.97. The third kappa shape index (κ3) is 7.79. The maximum atomic E-state index is 12.7. The third-order valence-electron chi connectivity index (χ3n) is 1.83. The first-order valence-electron chi connectivity index (χ1n) is 4.53. The predicted octanol–water partition coefficient (Wildman–Crippen LogP) is -0.585. The second kappa shape index (κ2) is 8.11. The Balaban J connectivity index is 0. The lowest BCUT2D eigenvalue weighted by Crippen LogP contribution is -2.46. The predicted molar refractivity (Wildman–Crippen MR) is 62.7 cm³/mol. The van der Waals surface area contributed by atoms with Crippen molar-refractivity contribution >= 4 is 22.6 Å². The summed E-state index contributed by atoms with van der Waals surface area (Å²) in [6.45, 7) is -1.65. The molecule has 6 nitrogen and oxygen atoms in total. The summed E-state index contributed by atoms with van der Waals surface area (Å²) >= 11 is 0. The molecule has 0 saturated heterocycles. The Labute approximate surface area is 106 Å². The smallest absolute Gasteiger partial charge is 0.279 e. The van der Waals surface area contributed by atoms with Crippen LogP contribution in [0.25, 0.3) is 0 Å². The molecule has 0 aromatic heterocycles. The summed E-state index contributed by atoms with van der Waals surface area (Å²) in [6, 6.07) is 0. The number of nitrogens with two attached hydrogens (primary N) is 1. The number of ether oxygens (including phenoxy) is 1. The van der Waals surface area contributed by atoms with Crippen molar-refractivity contribution in [3.63, 3.8) is 0 Å². The van der Waals surface area contributed by atoms with Crippen LogP contribution in [0, 0.1) is 0 Å². The number of likely N-dealkylation sites (N-methyl/N-ethyl adjacent to an activating group) is 1. The van der Waals surface area contributed by atoms with Gasteiger partial charge in [0.1, 0.15) is 0 Å². The summed E-state index contributed by atoms with van der Waals surface area (Å²) in [6.07, 6.45) is 0. The third-order valence-corrected chi connectivity index (χ3v) is 3.34. The molecular weight excluding hydrogens is 280 g/mol. The second-order valence-electron chi connectivity index (χ2n) is 3.20. The van der Waals surface area contributed by atoms with Crippen LogP contribution < -0.4 is 10.5 Å². The van der Waals surface area contributed by atoms with Gasteiger partial charge in [-0.25, -0.2) is 8.78 Å². The zero-order valence-electron chi connectivity index (χ0n) is 9.65. The quantitative estimate of drug-likeness (QED) is 0.627. The van der Waals surface area contributed by atoms with E-state index in [0.29, 0.717) is 0 Å². The number of rotatable bonds is 8. The van der Waals surface area contributed by atoms with Gasteiger partial charge in [-0.05, 0) is 0 Å². The highest BCUT2D eigenvalue weighted by atomic mass is 35.5. The van der Waals surface area contributed by atoms with Crippen LogP contribution in [0.1, 0.15) is 0 Å². The molecule has 0 aliphatic rings. The van der Waals surface area contributed by atoms with Gasteiger partial charge in [-0.1, -0.05) is 0 Å². The molecule has 0 fully saturated rings. The SMILES string of the molecule is COCCN(C)S(=O)(=O)NCC(F)(F)CN.Cl. The van der Waals surface area contributed by atoms with Crippen molar-refractivity contribution in [3.8, 4) is 0 Å².